The molecule has 0 aliphatic heterocycles. The summed E-state index contributed by atoms with van der Waals surface area (Å²) in [6.07, 6.45) is 4.24. The fraction of sp³-hybridized carbons (Fsp3) is 0.800. The maximum absolute atomic E-state index is 11.8. The van der Waals surface area contributed by atoms with Gasteiger partial charge < -0.3 is 5.21 Å². The van der Waals surface area contributed by atoms with Crippen molar-refractivity contribution >= 4 is 11.5 Å². The molecule has 0 atom stereocenters. The molecule has 1 aliphatic carbocycles. The second kappa shape index (κ2) is 3.90. The zero-order chi connectivity index (χ0) is 9.90. The first-order valence-electron chi connectivity index (χ1n) is 4.96. The third-order valence-corrected chi connectivity index (χ3v) is 3.29. The van der Waals surface area contributed by atoms with Gasteiger partial charge in [0.25, 0.3) is 0 Å². The summed E-state index contributed by atoms with van der Waals surface area (Å²) in [6, 6.07) is 0. The molecular weight excluding hydrogens is 166 g/mol. The van der Waals surface area contributed by atoms with Crippen LogP contribution in [-0.4, -0.2) is 16.7 Å². The minimum absolute atomic E-state index is 0.0613. The topological polar surface area (TPSA) is 49.7 Å². The van der Waals surface area contributed by atoms with Crippen molar-refractivity contribution in [3.8, 4) is 0 Å². The first-order chi connectivity index (χ1) is 6.20. The van der Waals surface area contributed by atoms with E-state index in [9.17, 15) is 4.79 Å². The summed E-state index contributed by atoms with van der Waals surface area (Å²) in [5.74, 6) is 0.0613. The molecule has 1 fully saturated rings. The quantitative estimate of drug-likeness (QED) is 0.527. The van der Waals surface area contributed by atoms with Gasteiger partial charge in [-0.25, -0.2) is 0 Å². The Labute approximate surface area is 78.8 Å². The maximum atomic E-state index is 11.8. The SMILES string of the molecule is CCC1(CC)CCCC(=NO)C1=O. The maximum Gasteiger partial charge on any atom is 0.186 e. The lowest BCUT2D eigenvalue weighted by Gasteiger charge is -2.33. The molecular formula is C10H17NO2. The third-order valence-electron chi connectivity index (χ3n) is 3.29. The van der Waals surface area contributed by atoms with E-state index in [-0.39, 0.29) is 11.2 Å². The summed E-state index contributed by atoms with van der Waals surface area (Å²) in [6.45, 7) is 4.06. The summed E-state index contributed by atoms with van der Waals surface area (Å²) < 4.78 is 0. The van der Waals surface area contributed by atoms with Gasteiger partial charge >= 0.3 is 0 Å². The minimum atomic E-state index is -0.236. The Hall–Kier alpha value is -0.860. The number of oxime groups is 1. The zero-order valence-electron chi connectivity index (χ0n) is 8.34. The fourth-order valence-electron chi connectivity index (χ4n) is 2.15. The number of carbonyl (C=O) groups is 1. The third kappa shape index (κ3) is 1.60. The van der Waals surface area contributed by atoms with E-state index in [1.54, 1.807) is 0 Å². The van der Waals surface area contributed by atoms with E-state index < -0.39 is 0 Å². The first kappa shape index (κ1) is 10.2. The fourth-order valence-corrected chi connectivity index (χ4v) is 2.15. The molecule has 3 nitrogen and oxygen atoms in total. The number of hydrogen-bond acceptors (Lipinski definition) is 3. The Balaban J connectivity index is 2.92. The largest absolute Gasteiger partial charge is 0.411 e. The average molecular weight is 183 g/mol. The smallest absolute Gasteiger partial charge is 0.186 e. The van der Waals surface area contributed by atoms with Crippen molar-refractivity contribution in [2.24, 2.45) is 10.6 Å². The summed E-state index contributed by atoms with van der Waals surface area (Å²) in [7, 11) is 0. The molecule has 0 aromatic heterocycles. The normalized spacial score (nSPS) is 25.1. The van der Waals surface area contributed by atoms with Crippen molar-refractivity contribution in [2.45, 2.75) is 46.0 Å². The molecule has 3 heteroatoms. The minimum Gasteiger partial charge on any atom is -0.411 e. The van der Waals surface area contributed by atoms with Crippen molar-refractivity contribution < 1.29 is 10.0 Å². The van der Waals surface area contributed by atoms with Crippen LogP contribution in [0.5, 0.6) is 0 Å². The second-order valence-electron chi connectivity index (χ2n) is 3.72. The number of carbonyl (C=O) groups excluding carboxylic acids is 1. The molecule has 0 unspecified atom stereocenters. The van der Waals surface area contributed by atoms with E-state index in [0.29, 0.717) is 12.1 Å². The lowest BCUT2D eigenvalue weighted by Crippen LogP contribution is -2.39. The molecule has 0 radical (unpaired) electrons. The summed E-state index contributed by atoms with van der Waals surface area (Å²) in [4.78, 5) is 11.8. The zero-order valence-corrected chi connectivity index (χ0v) is 8.34. The molecule has 0 bridgehead atoms. The van der Waals surface area contributed by atoms with Crippen LogP contribution in [0.3, 0.4) is 0 Å². The Bertz CT molecular complexity index is 229. The summed E-state index contributed by atoms with van der Waals surface area (Å²) >= 11 is 0. The highest BCUT2D eigenvalue weighted by Gasteiger charge is 2.40. The monoisotopic (exact) mass is 183 g/mol. The van der Waals surface area contributed by atoms with Crippen LogP contribution in [0, 0.1) is 5.41 Å². The highest BCUT2D eigenvalue weighted by molar-refractivity contribution is 6.42. The van der Waals surface area contributed by atoms with Crippen LogP contribution in [0.4, 0.5) is 0 Å². The van der Waals surface area contributed by atoms with Gasteiger partial charge in [-0.05, 0) is 32.1 Å². The molecule has 0 amide bonds. The lowest BCUT2D eigenvalue weighted by atomic mass is 9.69. The van der Waals surface area contributed by atoms with Crippen LogP contribution < -0.4 is 0 Å². The summed E-state index contributed by atoms with van der Waals surface area (Å²) in [5, 5.41) is 11.7. The molecule has 1 rings (SSSR count). The molecule has 0 heterocycles. The highest BCUT2D eigenvalue weighted by Crippen LogP contribution is 2.37. The Morgan fingerprint density at radius 2 is 2.08 bits per heavy atom. The van der Waals surface area contributed by atoms with E-state index in [4.69, 9.17) is 5.21 Å². The van der Waals surface area contributed by atoms with Crippen molar-refractivity contribution in [3.05, 3.63) is 0 Å². The molecule has 74 valence electrons. The number of nitrogens with zero attached hydrogens (tertiary/aromatic N) is 1. The van der Waals surface area contributed by atoms with Crippen LogP contribution >= 0.6 is 0 Å². The number of rotatable bonds is 2. The van der Waals surface area contributed by atoms with E-state index in [1.165, 1.54) is 0 Å². The van der Waals surface area contributed by atoms with Gasteiger partial charge in [0, 0.05) is 5.41 Å². The molecule has 0 aromatic rings. The van der Waals surface area contributed by atoms with Gasteiger partial charge in [0.1, 0.15) is 5.71 Å². The van der Waals surface area contributed by atoms with Gasteiger partial charge in [0.05, 0.1) is 0 Å². The molecule has 0 spiro atoms. The van der Waals surface area contributed by atoms with Crippen LogP contribution in [0.1, 0.15) is 46.0 Å². The second-order valence-corrected chi connectivity index (χ2v) is 3.72. The van der Waals surface area contributed by atoms with Crippen LogP contribution in [-0.2, 0) is 4.79 Å². The molecule has 1 aliphatic rings. The predicted octanol–water partition coefficient (Wildman–Crippen LogP) is 2.38. The first-order valence-corrected chi connectivity index (χ1v) is 4.96. The Kier molecular flexibility index (Phi) is 3.07. The average Bonchev–Trinajstić information content (AvgIpc) is 2.19. The number of Topliss-reactive ketones (excluding diaryl/α,β-unsaturated/α-hetero) is 1. The van der Waals surface area contributed by atoms with Crippen LogP contribution in [0.25, 0.3) is 0 Å². The van der Waals surface area contributed by atoms with Crippen LogP contribution in [0.15, 0.2) is 5.16 Å². The summed E-state index contributed by atoms with van der Waals surface area (Å²) in [5.41, 5.74) is 0.134. The Morgan fingerprint density at radius 1 is 1.46 bits per heavy atom. The number of ketones is 1. The standard InChI is InChI=1S/C10H17NO2/c1-3-10(4-2)7-5-6-8(11-13)9(10)12/h13H,3-7H2,1-2H3. The van der Waals surface area contributed by atoms with Crippen molar-refractivity contribution in [2.75, 3.05) is 0 Å². The molecule has 13 heavy (non-hydrogen) atoms. The van der Waals surface area contributed by atoms with Gasteiger partial charge in [-0.3, -0.25) is 4.79 Å². The van der Waals surface area contributed by atoms with Gasteiger partial charge in [0.2, 0.25) is 0 Å². The van der Waals surface area contributed by atoms with Gasteiger partial charge in [-0.1, -0.05) is 19.0 Å². The van der Waals surface area contributed by atoms with Crippen molar-refractivity contribution in [1.82, 2.24) is 0 Å². The number of hydrogen-bond donors (Lipinski definition) is 1. The lowest BCUT2D eigenvalue weighted by molar-refractivity contribution is -0.124. The van der Waals surface area contributed by atoms with Gasteiger partial charge in [-0.15, -0.1) is 0 Å². The van der Waals surface area contributed by atoms with Crippen LogP contribution in [0.2, 0.25) is 0 Å². The highest BCUT2D eigenvalue weighted by atomic mass is 16.4. The molecule has 1 saturated carbocycles. The Morgan fingerprint density at radius 3 is 2.54 bits per heavy atom. The van der Waals surface area contributed by atoms with Crippen molar-refractivity contribution in [1.29, 1.82) is 0 Å². The van der Waals surface area contributed by atoms with E-state index in [0.717, 1.165) is 25.7 Å². The predicted molar refractivity (Wildman–Crippen MR) is 51.1 cm³/mol. The van der Waals surface area contributed by atoms with E-state index >= 15 is 0 Å². The van der Waals surface area contributed by atoms with Gasteiger partial charge in [-0.2, -0.15) is 0 Å². The molecule has 0 aromatic carbocycles. The molecule has 0 saturated heterocycles. The van der Waals surface area contributed by atoms with Crippen molar-refractivity contribution in [3.63, 3.8) is 0 Å². The van der Waals surface area contributed by atoms with E-state index in [2.05, 4.69) is 5.16 Å². The molecule has 1 N–H and O–H groups in total. The van der Waals surface area contributed by atoms with Gasteiger partial charge in [0.15, 0.2) is 5.78 Å². The van der Waals surface area contributed by atoms with E-state index in [1.807, 2.05) is 13.8 Å².